The van der Waals surface area contributed by atoms with E-state index in [9.17, 15) is 20.1 Å². The van der Waals surface area contributed by atoms with Crippen LogP contribution in [0.5, 0.6) is 40.2 Å². The highest BCUT2D eigenvalue weighted by Crippen LogP contribution is 2.54. The Labute approximate surface area is 233 Å². The van der Waals surface area contributed by atoms with Crippen molar-refractivity contribution in [2.24, 2.45) is 0 Å². The van der Waals surface area contributed by atoms with E-state index in [1.807, 2.05) is 0 Å². The number of aromatic hydroxyl groups is 2. The van der Waals surface area contributed by atoms with Crippen molar-refractivity contribution >= 4 is 21.9 Å². The number of aliphatic hydroxyl groups excluding tert-OH is 1. The number of fused-ring (bicyclic) bond motifs is 7. The van der Waals surface area contributed by atoms with Crippen LogP contribution >= 0.6 is 0 Å². The third kappa shape index (κ3) is 3.66. The van der Waals surface area contributed by atoms with Gasteiger partial charge in [0.25, 0.3) is 0 Å². The van der Waals surface area contributed by atoms with Crippen molar-refractivity contribution in [1.29, 1.82) is 0 Å². The summed E-state index contributed by atoms with van der Waals surface area (Å²) in [5.41, 5.74) is 2.37. The molecule has 0 spiro atoms. The van der Waals surface area contributed by atoms with E-state index in [4.69, 9.17) is 28.1 Å². The molecule has 3 aromatic carbocycles. The van der Waals surface area contributed by atoms with Crippen molar-refractivity contribution in [1.82, 2.24) is 4.57 Å². The van der Waals surface area contributed by atoms with E-state index in [1.165, 1.54) is 52.2 Å². The van der Waals surface area contributed by atoms with E-state index in [0.29, 0.717) is 56.0 Å². The topological polar surface area (TPSA) is 142 Å². The predicted molar refractivity (Wildman–Crippen MR) is 150 cm³/mol. The molecule has 5 aromatic rings. The molecule has 1 aliphatic rings. The Hall–Kier alpha value is -5.03. The zero-order valence-electron chi connectivity index (χ0n) is 22.9. The van der Waals surface area contributed by atoms with Crippen LogP contribution in [0.4, 0.5) is 0 Å². The van der Waals surface area contributed by atoms with Crippen LogP contribution in [0.25, 0.3) is 44.3 Å². The molecule has 11 heteroatoms. The molecule has 212 valence electrons. The van der Waals surface area contributed by atoms with Gasteiger partial charge >= 0.3 is 5.63 Å². The second-order valence-corrected chi connectivity index (χ2v) is 9.47. The van der Waals surface area contributed by atoms with E-state index in [1.54, 1.807) is 24.3 Å². The molecule has 0 bridgehead atoms. The summed E-state index contributed by atoms with van der Waals surface area (Å²) in [7, 11) is 7.35. The fraction of sp³-hybridized carbons (Fsp3) is 0.233. The normalized spacial score (nSPS) is 14.0. The van der Waals surface area contributed by atoms with Gasteiger partial charge in [-0.3, -0.25) is 0 Å². The second kappa shape index (κ2) is 9.56. The number of nitrogens with zero attached hydrogens (tertiary/aromatic N) is 1. The zero-order chi connectivity index (χ0) is 29.2. The van der Waals surface area contributed by atoms with Crippen LogP contribution in [0.3, 0.4) is 0 Å². The number of rotatable bonds is 6. The molecule has 1 unspecified atom stereocenters. The number of hydrogen-bond donors (Lipinski definition) is 3. The number of phenols is 2. The Morgan fingerprint density at radius 2 is 1.51 bits per heavy atom. The number of benzene rings is 3. The average molecular weight is 562 g/mol. The summed E-state index contributed by atoms with van der Waals surface area (Å²) in [6.07, 6.45) is -1.11. The molecule has 0 fully saturated rings. The van der Waals surface area contributed by atoms with Gasteiger partial charge in [-0.25, -0.2) is 4.79 Å². The quantitative estimate of drug-likeness (QED) is 0.252. The standard InChI is InChI=1S/C30H27NO10/c1-36-20-8-13(6-7-17(20)32)24-25-16-10-21(37-2)18(33)12-19(16)41-30(35)27(25)31-23(34)11-15-14(26(24)31)9-22(38-3)29(40-5)28(15)39-4/h6-10,12,23,32-34H,11H2,1-5H3. The fourth-order valence-electron chi connectivity index (χ4n) is 5.77. The molecule has 1 aliphatic heterocycles. The second-order valence-electron chi connectivity index (χ2n) is 9.47. The smallest absolute Gasteiger partial charge is 0.361 e. The molecule has 6 rings (SSSR count). The molecule has 41 heavy (non-hydrogen) atoms. The summed E-state index contributed by atoms with van der Waals surface area (Å²) in [6.45, 7) is 0. The highest BCUT2D eigenvalue weighted by molar-refractivity contribution is 6.17. The minimum atomic E-state index is -1.20. The molecule has 0 saturated heterocycles. The monoisotopic (exact) mass is 561 g/mol. The van der Waals surface area contributed by atoms with Crippen LogP contribution in [-0.2, 0) is 6.42 Å². The van der Waals surface area contributed by atoms with Gasteiger partial charge in [-0.15, -0.1) is 0 Å². The van der Waals surface area contributed by atoms with Gasteiger partial charge in [-0.05, 0) is 29.8 Å². The van der Waals surface area contributed by atoms with Crippen LogP contribution < -0.4 is 29.3 Å². The maximum Gasteiger partial charge on any atom is 0.361 e. The number of phenolic OH excluding ortho intramolecular Hbond substituents is 2. The van der Waals surface area contributed by atoms with E-state index in [-0.39, 0.29) is 40.5 Å². The van der Waals surface area contributed by atoms with Crippen LogP contribution in [0, 0.1) is 0 Å². The molecule has 0 amide bonds. The van der Waals surface area contributed by atoms with Crippen molar-refractivity contribution in [3.63, 3.8) is 0 Å². The lowest BCUT2D eigenvalue weighted by atomic mass is 9.90. The number of aromatic nitrogens is 1. The number of ether oxygens (including phenoxy) is 5. The molecular formula is C30H27NO10. The van der Waals surface area contributed by atoms with Gasteiger partial charge < -0.3 is 48.0 Å². The minimum Gasteiger partial charge on any atom is -0.504 e. The lowest BCUT2D eigenvalue weighted by Crippen LogP contribution is -2.21. The molecule has 2 aromatic heterocycles. The van der Waals surface area contributed by atoms with Crippen LogP contribution in [0.1, 0.15) is 11.8 Å². The zero-order valence-corrected chi connectivity index (χ0v) is 22.9. The number of aliphatic hydroxyl groups is 1. The van der Waals surface area contributed by atoms with Gasteiger partial charge in [0.2, 0.25) is 5.75 Å². The molecule has 3 heterocycles. The Morgan fingerprint density at radius 3 is 2.17 bits per heavy atom. The highest BCUT2D eigenvalue weighted by atomic mass is 16.5. The highest BCUT2D eigenvalue weighted by Gasteiger charge is 2.36. The van der Waals surface area contributed by atoms with Gasteiger partial charge in [0.15, 0.2) is 34.5 Å². The first-order valence-corrected chi connectivity index (χ1v) is 12.6. The van der Waals surface area contributed by atoms with Gasteiger partial charge in [0.05, 0.1) is 41.2 Å². The molecule has 3 N–H and O–H groups in total. The summed E-state index contributed by atoms with van der Waals surface area (Å²) in [5.74, 6) is 1.23. The lowest BCUT2D eigenvalue weighted by molar-refractivity contribution is 0.106. The Bertz CT molecular complexity index is 1920. The maximum atomic E-state index is 13.6. The maximum absolute atomic E-state index is 13.6. The van der Waals surface area contributed by atoms with Crippen LogP contribution in [0.2, 0.25) is 0 Å². The van der Waals surface area contributed by atoms with Crippen molar-refractivity contribution < 1.29 is 43.4 Å². The summed E-state index contributed by atoms with van der Waals surface area (Å²) >= 11 is 0. The van der Waals surface area contributed by atoms with Gasteiger partial charge in [0, 0.05) is 39.9 Å². The molecular weight excluding hydrogens is 534 g/mol. The lowest BCUT2D eigenvalue weighted by Gasteiger charge is -2.29. The van der Waals surface area contributed by atoms with Gasteiger partial charge in [-0.1, -0.05) is 6.07 Å². The van der Waals surface area contributed by atoms with Crippen molar-refractivity contribution in [2.45, 2.75) is 12.6 Å². The Balaban J connectivity index is 1.89. The van der Waals surface area contributed by atoms with Gasteiger partial charge in [0.1, 0.15) is 17.3 Å². The first-order chi connectivity index (χ1) is 19.8. The first kappa shape index (κ1) is 26.2. The minimum absolute atomic E-state index is 0.0712. The van der Waals surface area contributed by atoms with E-state index in [0.717, 1.165) is 0 Å². The number of hydrogen-bond acceptors (Lipinski definition) is 10. The first-order valence-electron chi connectivity index (χ1n) is 12.6. The average Bonchev–Trinajstić information content (AvgIpc) is 3.34. The van der Waals surface area contributed by atoms with Crippen LogP contribution in [0.15, 0.2) is 45.6 Å². The molecule has 0 saturated carbocycles. The fourth-order valence-corrected chi connectivity index (χ4v) is 5.77. The Kier molecular flexibility index (Phi) is 6.11. The summed E-state index contributed by atoms with van der Waals surface area (Å²) < 4.78 is 34.9. The third-order valence-electron chi connectivity index (χ3n) is 7.49. The van der Waals surface area contributed by atoms with Gasteiger partial charge in [-0.2, -0.15) is 0 Å². The number of methoxy groups -OCH3 is 5. The predicted octanol–water partition coefficient (Wildman–Crippen LogP) is 4.58. The molecule has 0 radical (unpaired) electrons. The van der Waals surface area contributed by atoms with Crippen LogP contribution in [-0.4, -0.2) is 55.4 Å². The summed E-state index contributed by atoms with van der Waals surface area (Å²) in [6, 6.07) is 9.47. The van der Waals surface area contributed by atoms with E-state index < -0.39 is 11.9 Å². The molecule has 0 aliphatic carbocycles. The van der Waals surface area contributed by atoms with Crippen molar-refractivity contribution in [3.8, 4) is 62.6 Å². The van der Waals surface area contributed by atoms with E-state index in [2.05, 4.69) is 0 Å². The van der Waals surface area contributed by atoms with Crippen molar-refractivity contribution in [3.05, 3.63) is 52.4 Å². The summed E-state index contributed by atoms with van der Waals surface area (Å²) in [4.78, 5) is 13.6. The summed E-state index contributed by atoms with van der Waals surface area (Å²) in [5, 5.41) is 33.3. The largest absolute Gasteiger partial charge is 0.504 e. The van der Waals surface area contributed by atoms with E-state index >= 15 is 0 Å². The SMILES string of the molecule is COc1cc(-c2c3n(c4c(=O)oc5cc(O)c(OC)cc5c24)C(O)Cc2c-3cc(OC)c(OC)c2OC)ccc1O. The molecule has 1 atom stereocenters. The van der Waals surface area contributed by atoms with Crippen molar-refractivity contribution in [2.75, 3.05) is 35.5 Å². The Morgan fingerprint density at radius 1 is 0.829 bits per heavy atom. The molecule has 11 nitrogen and oxygen atoms in total. The third-order valence-corrected chi connectivity index (χ3v) is 7.49.